The van der Waals surface area contributed by atoms with Gasteiger partial charge in [0.25, 0.3) is 0 Å². The lowest BCUT2D eigenvalue weighted by molar-refractivity contribution is 0.255. The second-order valence-electron chi connectivity index (χ2n) is 4.73. The fourth-order valence-corrected chi connectivity index (χ4v) is 2.67. The largest absolute Gasteiger partial charge is 0.365 e. The van der Waals surface area contributed by atoms with Crippen LogP contribution in [-0.4, -0.2) is 19.1 Å². The zero-order valence-corrected chi connectivity index (χ0v) is 10.4. The second-order valence-corrected chi connectivity index (χ2v) is 4.73. The Balaban J connectivity index is 2.22. The Kier molecular flexibility index (Phi) is 4.00. The fraction of sp³-hybridized carbons (Fsp3) is 0.571. The monoisotopic (exact) mass is 236 g/mol. The molecule has 1 aliphatic carbocycles. The molecule has 1 aliphatic rings. The Labute approximate surface area is 103 Å². The van der Waals surface area contributed by atoms with E-state index >= 15 is 0 Å². The van der Waals surface area contributed by atoms with Crippen molar-refractivity contribution < 1.29 is 4.39 Å². The van der Waals surface area contributed by atoms with Gasteiger partial charge in [0.1, 0.15) is 5.82 Å². The van der Waals surface area contributed by atoms with Crippen LogP contribution in [0.4, 0.5) is 10.1 Å². The molecule has 1 aromatic carbocycles. The summed E-state index contributed by atoms with van der Waals surface area (Å²) >= 11 is 0. The molecule has 0 saturated heterocycles. The van der Waals surface area contributed by atoms with E-state index in [1.165, 1.54) is 25.3 Å². The number of halogens is 1. The van der Waals surface area contributed by atoms with Gasteiger partial charge in [-0.2, -0.15) is 0 Å². The Morgan fingerprint density at radius 1 is 1.41 bits per heavy atom. The van der Waals surface area contributed by atoms with E-state index in [9.17, 15) is 4.39 Å². The van der Waals surface area contributed by atoms with Gasteiger partial charge >= 0.3 is 0 Å². The summed E-state index contributed by atoms with van der Waals surface area (Å²) < 4.78 is 13.8. The zero-order valence-electron chi connectivity index (χ0n) is 10.4. The van der Waals surface area contributed by atoms with Gasteiger partial charge in [-0.05, 0) is 37.8 Å². The van der Waals surface area contributed by atoms with Gasteiger partial charge in [0.15, 0.2) is 0 Å². The van der Waals surface area contributed by atoms with Gasteiger partial charge in [-0.3, -0.25) is 0 Å². The quantitative estimate of drug-likeness (QED) is 0.851. The third-order valence-corrected chi connectivity index (χ3v) is 3.84. The molecule has 0 aromatic heterocycles. The maximum atomic E-state index is 13.8. The van der Waals surface area contributed by atoms with Crippen LogP contribution in [-0.2, 0) is 0 Å². The lowest BCUT2D eigenvalue weighted by Crippen LogP contribution is -2.48. The molecular formula is C14H21FN2. The van der Waals surface area contributed by atoms with Crippen LogP contribution in [0.15, 0.2) is 24.3 Å². The average Bonchev–Trinajstić information content (AvgIpc) is 2.28. The number of nitrogens with zero attached hydrogens (tertiary/aromatic N) is 1. The molecule has 17 heavy (non-hydrogen) atoms. The average molecular weight is 236 g/mol. The molecule has 1 fully saturated rings. The van der Waals surface area contributed by atoms with Crippen LogP contribution in [0.2, 0.25) is 0 Å². The van der Waals surface area contributed by atoms with Gasteiger partial charge in [0.05, 0.1) is 5.69 Å². The number of nitrogens with two attached hydrogens (primary N) is 1. The van der Waals surface area contributed by atoms with Crippen molar-refractivity contribution in [3.05, 3.63) is 30.1 Å². The van der Waals surface area contributed by atoms with Gasteiger partial charge in [-0.1, -0.05) is 18.6 Å². The Bertz CT molecular complexity index is 363. The van der Waals surface area contributed by atoms with E-state index in [-0.39, 0.29) is 11.9 Å². The number of benzene rings is 1. The first-order valence-electron chi connectivity index (χ1n) is 6.49. The molecule has 1 aromatic rings. The number of hydrogen-bond donors (Lipinski definition) is 1. The van der Waals surface area contributed by atoms with Gasteiger partial charge < -0.3 is 10.6 Å². The number of hydrogen-bond acceptors (Lipinski definition) is 2. The van der Waals surface area contributed by atoms with Crippen molar-refractivity contribution in [1.29, 1.82) is 0 Å². The molecule has 1 saturated carbocycles. The van der Waals surface area contributed by atoms with E-state index in [2.05, 4.69) is 11.8 Å². The summed E-state index contributed by atoms with van der Waals surface area (Å²) in [5.74, 6) is 0.492. The van der Waals surface area contributed by atoms with Gasteiger partial charge in [-0.15, -0.1) is 0 Å². The number of para-hydroxylation sites is 1. The predicted molar refractivity (Wildman–Crippen MR) is 69.6 cm³/mol. The Morgan fingerprint density at radius 2 is 2.12 bits per heavy atom. The molecule has 2 nitrogen and oxygen atoms in total. The number of likely N-dealkylation sites (N-methyl/N-ethyl adjacent to an activating group) is 1. The summed E-state index contributed by atoms with van der Waals surface area (Å²) in [7, 11) is 0. The highest BCUT2D eigenvalue weighted by molar-refractivity contribution is 5.48. The van der Waals surface area contributed by atoms with E-state index < -0.39 is 0 Å². The standard InChI is InChI=1S/C14H21FN2/c1-2-17(13-9-4-3-8-12(13)15)14(10-16)11-6-5-7-11/h3-4,8-9,11,14H,2,5-7,10,16H2,1H3. The van der Waals surface area contributed by atoms with Crippen LogP contribution < -0.4 is 10.6 Å². The van der Waals surface area contributed by atoms with Crippen molar-refractivity contribution in [2.75, 3.05) is 18.0 Å². The molecule has 1 atom stereocenters. The topological polar surface area (TPSA) is 29.3 Å². The van der Waals surface area contributed by atoms with Crippen molar-refractivity contribution >= 4 is 5.69 Å². The molecule has 0 bridgehead atoms. The van der Waals surface area contributed by atoms with Crippen LogP contribution in [0.5, 0.6) is 0 Å². The Morgan fingerprint density at radius 3 is 2.59 bits per heavy atom. The van der Waals surface area contributed by atoms with E-state index in [4.69, 9.17) is 5.73 Å². The van der Waals surface area contributed by atoms with Crippen molar-refractivity contribution in [3.63, 3.8) is 0 Å². The highest BCUT2D eigenvalue weighted by atomic mass is 19.1. The normalized spacial score (nSPS) is 17.6. The zero-order chi connectivity index (χ0) is 12.3. The number of rotatable bonds is 5. The molecule has 2 rings (SSSR count). The van der Waals surface area contributed by atoms with Gasteiger partial charge in [0.2, 0.25) is 0 Å². The predicted octanol–water partition coefficient (Wildman–Crippen LogP) is 2.78. The molecule has 0 aliphatic heterocycles. The first-order chi connectivity index (χ1) is 8.27. The first-order valence-corrected chi connectivity index (χ1v) is 6.49. The van der Waals surface area contributed by atoms with Gasteiger partial charge in [0, 0.05) is 19.1 Å². The fourth-order valence-electron chi connectivity index (χ4n) is 2.67. The van der Waals surface area contributed by atoms with Crippen LogP contribution in [0.3, 0.4) is 0 Å². The van der Waals surface area contributed by atoms with Gasteiger partial charge in [-0.25, -0.2) is 4.39 Å². The summed E-state index contributed by atoms with van der Waals surface area (Å²) in [4.78, 5) is 2.12. The van der Waals surface area contributed by atoms with Crippen molar-refractivity contribution in [1.82, 2.24) is 0 Å². The SMILES string of the molecule is CCN(c1ccccc1F)C(CN)C1CCC1. The van der Waals surface area contributed by atoms with E-state index in [1.54, 1.807) is 6.07 Å². The maximum absolute atomic E-state index is 13.8. The van der Waals surface area contributed by atoms with Crippen LogP contribution in [0.1, 0.15) is 26.2 Å². The summed E-state index contributed by atoms with van der Waals surface area (Å²) in [5.41, 5.74) is 6.57. The maximum Gasteiger partial charge on any atom is 0.146 e. The molecule has 1 unspecified atom stereocenters. The minimum Gasteiger partial charge on any atom is -0.365 e. The van der Waals surface area contributed by atoms with Crippen LogP contribution in [0.25, 0.3) is 0 Å². The summed E-state index contributed by atoms with van der Waals surface area (Å²) in [6, 6.07) is 7.26. The third kappa shape index (κ3) is 2.44. The molecule has 0 radical (unpaired) electrons. The first kappa shape index (κ1) is 12.4. The molecule has 0 amide bonds. The summed E-state index contributed by atoms with van der Waals surface area (Å²) in [6.07, 6.45) is 3.75. The molecule has 0 heterocycles. The number of anilines is 1. The smallest absolute Gasteiger partial charge is 0.146 e. The minimum atomic E-state index is -0.146. The molecule has 3 heteroatoms. The summed E-state index contributed by atoms with van der Waals surface area (Å²) in [5, 5.41) is 0. The summed E-state index contributed by atoms with van der Waals surface area (Å²) in [6.45, 7) is 3.47. The van der Waals surface area contributed by atoms with Crippen molar-refractivity contribution in [2.45, 2.75) is 32.2 Å². The van der Waals surface area contributed by atoms with E-state index in [0.717, 1.165) is 6.54 Å². The molecule has 0 spiro atoms. The highest BCUT2D eigenvalue weighted by Gasteiger charge is 2.31. The van der Waals surface area contributed by atoms with Crippen LogP contribution >= 0.6 is 0 Å². The minimum absolute atomic E-state index is 0.146. The van der Waals surface area contributed by atoms with Crippen molar-refractivity contribution in [3.8, 4) is 0 Å². The lowest BCUT2D eigenvalue weighted by Gasteiger charge is -2.41. The molecule has 2 N–H and O–H groups in total. The van der Waals surface area contributed by atoms with Crippen LogP contribution in [0, 0.1) is 11.7 Å². The Hall–Kier alpha value is -1.09. The third-order valence-electron chi connectivity index (χ3n) is 3.84. The van der Waals surface area contributed by atoms with Crippen molar-refractivity contribution in [2.24, 2.45) is 11.7 Å². The van der Waals surface area contributed by atoms with E-state index in [0.29, 0.717) is 18.2 Å². The lowest BCUT2D eigenvalue weighted by atomic mass is 9.79. The molecule has 94 valence electrons. The molecular weight excluding hydrogens is 215 g/mol. The van der Waals surface area contributed by atoms with E-state index in [1.807, 2.05) is 12.1 Å². The second kappa shape index (κ2) is 5.50. The highest BCUT2D eigenvalue weighted by Crippen LogP contribution is 2.34.